The first kappa shape index (κ1) is 16.4. The van der Waals surface area contributed by atoms with E-state index in [4.69, 9.17) is 26.3 Å². The lowest BCUT2D eigenvalue weighted by Crippen LogP contribution is -2.33. The number of unbranched alkanes of at least 4 members (excludes halogenated alkanes) is 2. The lowest BCUT2D eigenvalue weighted by molar-refractivity contribution is 0.0939. The highest BCUT2D eigenvalue weighted by Crippen LogP contribution is 2.30. The maximum absolute atomic E-state index is 12.4. The van der Waals surface area contributed by atoms with Gasteiger partial charge in [-0.05, 0) is 37.1 Å². The first-order valence-electron chi connectivity index (χ1n) is 7.34. The Bertz CT molecular complexity index is 636. The first-order valence-corrected chi connectivity index (χ1v) is 7.72. The van der Waals surface area contributed by atoms with E-state index >= 15 is 0 Å². The number of amides is 1. The standard InChI is InChI=1S/C15H20ClN3O3/c1-3-4-5-6-9(2)18-15(20)12-13(19-22-14(12)17)10-7-8-11(16)21-10/h7-9H,3-6,17H2,1-2H3,(H,18,20). The predicted octanol–water partition coefficient (Wildman–Crippen LogP) is 3.87. The van der Waals surface area contributed by atoms with Crippen LogP contribution in [0.4, 0.5) is 5.88 Å². The van der Waals surface area contributed by atoms with Crippen LogP contribution in [0.3, 0.4) is 0 Å². The molecule has 1 atom stereocenters. The quantitative estimate of drug-likeness (QED) is 0.753. The number of anilines is 1. The molecule has 2 aromatic heterocycles. The van der Waals surface area contributed by atoms with Gasteiger partial charge < -0.3 is 20.0 Å². The van der Waals surface area contributed by atoms with Crippen LogP contribution in [0.1, 0.15) is 49.9 Å². The summed E-state index contributed by atoms with van der Waals surface area (Å²) in [6, 6.07) is 3.22. The zero-order valence-electron chi connectivity index (χ0n) is 12.7. The SMILES string of the molecule is CCCCCC(C)NC(=O)c1c(-c2ccc(Cl)o2)noc1N. The van der Waals surface area contributed by atoms with Gasteiger partial charge in [0.25, 0.3) is 5.91 Å². The van der Waals surface area contributed by atoms with Crippen LogP contribution in [0.25, 0.3) is 11.5 Å². The summed E-state index contributed by atoms with van der Waals surface area (Å²) in [5.74, 6) is -0.0275. The molecular weight excluding hydrogens is 306 g/mol. The van der Waals surface area contributed by atoms with E-state index in [2.05, 4.69) is 17.4 Å². The van der Waals surface area contributed by atoms with Crippen LogP contribution in [0.5, 0.6) is 0 Å². The van der Waals surface area contributed by atoms with Crippen LogP contribution < -0.4 is 11.1 Å². The minimum Gasteiger partial charge on any atom is -0.443 e. The topological polar surface area (TPSA) is 94.3 Å². The van der Waals surface area contributed by atoms with Gasteiger partial charge in [0, 0.05) is 6.04 Å². The van der Waals surface area contributed by atoms with Crippen LogP contribution in [0.2, 0.25) is 5.22 Å². The van der Waals surface area contributed by atoms with Gasteiger partial charge in [-0.1, -0.05) is 31.3 Å². The highest BCUT2D eigenvalue weighted by atomic mass is 35.5. The maximum Gasteiger partial charge on any atom is 0.259 e. The van der Waals surface area contributed by atoms with Crippen LogP contribution >= 0.6 is 11.6 Å². The molecule has 0 radical (unpaired) electrons. The number of hydrogen-bond donors (Lipinski definition) is 2. The van der Waals surface area contributed by atoms with Gasteiger partial charge >= 0.3 is 0 Å². The average Bonchev–Trinajstić information content (AvgIpc) is 3.05. The van der Waals surface area contributed by atoms with Crippen LogP contribution in [-0.4, -0.2) is 17.1 Å². The number of rotatable bonds is 7. The molecule has 1 amide bonds. The smallest absolute Gasteiger partial charge is 0.259 e. The van der Waals surface area contributed by atoms with E-state index in [1.165, 1.54) is 0 Å². The van der Waals surface area contributed by atoms with Crippen molar-refractivity contribution in [1.29, 1.82) is 0 Å². The van der Waals surface area contributed by atoms with Crippen molar-refractivity contribution in [2.24, 2.45) is 0 Å². The summed E-state index contributed by atoms with van der Waals surface area (Å²) in [5, 5.41) is 6.90. The molecular formula is C15H20ClN3O3. The normalized spacial score (nSPS) is 12.3. The van der Waals surface area contributed by atoms with Gasteiger partial charge in [0.2, 0.25) is 5.88 Å². The molecule has 0 aliphatic heterocycles. The fraction of sp³-hybridized carbons (Fsp3) is 0.467. The minimum absolute atomic E-state index is 0.0409. The molecule has 2 heterocycles. The van der Waals surface area contributed by atoms with Gasteiger partial charge in [-0.15, -0.1) is 0 Å². The zero-order valence-corrected chi connectivity index (χ0v) is 13.4. The number of nitrogens with two attached hydrogens (primary N) is 1. The molecule has 0 aliphatic rings. The molecule has 3 N–H and O–H groups in total. The number of hydrogen-bond acceptors (Lipinski definition) is 5. The molecule has 7 heteroatoms. The van der Waals surface area contributed by atoms with Crippen molar-refractivity contribution in [2.75, 3.05) is 5.73 Å². The van der Waals surface area contributed by atoms with E-state index < -0.39 is 0 Å². The number of carbonyl (C=O) groups excluding carboxylic acids is 1. The van der Waals surface area contributed by atoms with E-state index in [1.54, 1.807) is 12.1 Å². The molecule has 0 saturated carbocycles. The maximum atomic E-state index is 12.4. The second-order valence-electron chi connectivity index (χ2n) is 5.24. The Morgan fingerprint density at radius 1 is 1.45 bits per heavy atom. The fourth-order valence-electron chi connectivity index (χ4n) is 2.20. The van der Waals surface area contributed by atoms with Gasteiger partial charge in [-0.3, -0.25) is 4.79 Å². The van der Waals surface area contributed by atoms with E-state index in [9.17, 15) is 4.79 Å². The molecule has 6 nitrogen and oxygen atoms in total. The van der Waals surface area contributed by atoms with Crippen LogP contribution in [0.15, 0.2) is 21.1 Å². The van der Waals surface area contributed by atoms with Crippen molar-refractivity contribution in [2.45, 2.75) is 45.6 Å². The van der Waals surface area contributed by atoms with Gasteiger partial charge in [0.15, 0.2) is 16.7 Å². The highest BCUT2D eigenvalue weighted by molar-refractivity contribution is 6.29. The number of halogens is 1. The first-order chi connectivity index (χ1) is 10.5. The van der Waals surface area contributed by atoms with E-state index in [0.29, 0.717) is 5.76 Å². The summed E-state index contributed by atoms with van der Waals surface area (Å²) < 4.78 is 10.2. The third kappa shape index (κ3) is 3.82. The van der Waals surface area contributed by atoms with E-state index in [1.807, 2.05) is 6.92 Å². The molecule has 0 spiro atoms. The number of nitrogens with zero attached hydrogens (tertiary/aromatic N) is 1. The molecule has 1 unspecified atom stereocenters. The predicted molar refractivity (Wildman–Crippen MR) is 84.7 cm³/mol. The van der Waals surface area contributed by atoms with Crippen molar-refractivity contribution in [3.05, 3.63) is 22.9 Å². The molecule has 0 bridgehead atoms. The summed E-state index contributed by atoms with van der Waals surface area (Å²) in [6.07, 6.45) is 4.26. The lowest BCUT2D eigenvalue weighted by atomic mass is 10.1. The largest absolute Gasteiger partial charge is 0.443 e. The fourth-order valence-corrected chi connectivity index (χ4v) is 2.35. The van der Waals surface area contributed by atoms with Crippen molar-refractivity contribution < 1.29 is 13.7 Å². The third-order valence-electron chi connectivity index (χ3n) is 3.37. The number of nitrogens with one attached hydrogen (secondary N) is 1. The molecule has 0 saturated heterocycles. The summed E-state index contributed by atoms with van der Waals surface area (Å²) in [7, 11) is 0. The summed E-state index contributed by atoms with van der Waals surface area (Å²) >= 11 is 5.75. The Kier molecular flexibility index (Phi) is 5.49. The Morgan fingerprint density at radius 2 is 2.23 bits per heavy atom. The number of nitrogen functional groups attached to an aromatic ring is 1. The summed E-state index contributed by atoms with van der Waals surface area (Å²) in [6.45, 7) is 4.10. The Morgan fingerprint density at radius 3 is 2.86 bits per heavy atom. The van der Waals surface area contributed by atoms with Crippen molar-refractivity contribution in [1.82, 2.24) is 10.5 Å². The Labute approximate surface area is 134 Å². The summed E-state index contributed by atoms with van der Waals surface area (Å²) in [5.41, 5.74) is 6.15. The lowest BCUT2D eigenvalue weighted by Gasteiger charge is -2.13. The van der Waals surface area contributed by atoms with Crippen LogP contribution in [-0.2, 0) is 0 Å². The van der Waals surface area contributed by atoms with Crippen LogP contribution in [0, 0.1) is 0 Å². The molecule has 0 aromatic carbocycles. The zero-order chi connectivity index (χ0) is 16.1. The third-order valence-corrected chi connectivity index (χ3v) is 3.57. The number of furan rings is 1. The number of carbonyl (C=O) groups is 1. The second-order valence-corrected chi connectivity index (χ2v) is 5.62. The van der Waals surface area contributed by atoms with Gasteiger partial charge in [-0.25, -0.2) is 0 Å². The second kappa shape index (κ2) is 7.35. The molecule has 120 valence electrons. The van der Waals surface area contributed by atoms with E-state index in [0.717, 1.165) is 25.7 Å². The molecule has 22 heavy (non-hydrogen) atoms. The molecule has 2 aromatic rings. The molecule has 0 fully saturated rings. The van der Waals surface area contributed by atoms with Crippen molar-refractivity contribution >= 4 is 23.4 Å². The summed E-state index contributed by atoms with van der Waals surface area (Å²) in [4.78, 5) is 12.4. The average molecular weight is 326 g/mol. The van der Waals surface area contributed by atoms with Gasteiger partial charge in [-0.2, -0.15) is 0 Å². The van der Waals surface area contributed by atoms with Gasteiger partial charge in [0.1, 0.15) is 5.56 Å². The van der Waals surface area contributed by atoms with Crippen molar-refractivity contribution in [3.63, 3.8) is 0 Å². The minimum atomic E-state index is -0.328. The molecule has 0 aliphatic carbocycles. The van der Waals surface area contributed by atoms with Gasteiger partial charge in [0.05, 0.1) is 0 Å². The monoisotopic (exact) mass is 325 g/mol. The Balaban J connectivity index is 2.11. The number of aromatic nitrogens is 1. The Hall–Kier alpha value is -1.95. The molecule has 2 rings (SSSR count). The van der Waals surface area contributed by atoms with Crippen molar-refractivity contribution in [3.8, 4) is 11.5 Å². The van der Waals surface area contributed by atoms with E-state index in [-0.39, 0.29) is 34.3 Å². The highest BCUT2D eigenvalue weighted by Gasteiger charge is 2.25.